The first-order valence-electron chi connectivity index (χ1n) is 5.76. The Morgan fingerprint density at radius 2 is 2.07 bits per heavy atom. The number of hydrogen-bond donors (Lipinski definition) is 2. The van der Waals surface area contributed by atoms with Crippen LogP contribution in [-0.4, -0.2) is 37.7 Å². The smallest absolute Gasteiger partial charge is 0.234 e. The van der Waals surface area contributed by atoms with Crippen LogP contribution in [0.15, 0.2) is 0 Å². The Kier molecular flexibility index (Phi) is 5.05. The molecule has 0 aromatic heterocycles. The van der Waals surface area contributed by atoms with E-state index in [2.05, 4.69) is 24.5 Å². The molecular weight excluding hydrogens is 192 g/mol. The molecule has 0 atom stereocenters. The Labute approximate surface area is 91.8 Å². The fourth-order valence-electron chi connectivity index (χ4n) is 1.71. The molecule has 0 aliphatic carbocycles. The van der Waals surface area contributed by atoms with Crippen molar-refractivity contribution >= 4 is 5.91 Å². The van der Waals surface area contributed by atoms with Gasteiger partial charge in [-0.25, -0.2) is 0 Å². The second kappa shape index (κ2) is 6.08. The molecule has 1 heterocycles. The number of carbonyl (C=O) groups excluding carboxylic acids is 1. The van der Waals surface area contributed by atoms with Gasteiger partial charge in [0, 0.05) is 18.8 Å². The lowest BCUT2D eigenvalue weighted by Crippen LogP contribution is -2.51. The van der Waals surface area contributed by atoms with E-state index in [1.54, 1.807) is 0 Å². The van der Waals surface area contributed by atoms with Gasteiger partial charge in [0.25, 0.3) is 0 Å². The third-order valence-electron chi connectivity index (χ3n) is 2.75. The van der Waals surface area contributed by atoms with Crippen molar-refractivity contribution < 1.29 is 9.53 Å². The Hall–Kier alpha value is -0.610. The summed E-state index contributed by atoms with van der Waals surface area (Å²) >= 11 is 0. The molecule has 0 bridgehead atoms. The lowest BCUT2D eigenvalue weighted by atomic mass is 9.92. The van der Waals surface area contributed by atoms with Crippen LogP contribution in [-0.2, 0) is 9.53 Å². The van der Waals surface area contributed by atoms with E-state index in [9.17, 15) is 4.79 Å². The summed E-state index contributed by atoms with van der Waals surface area (Å²) in [6.45, 7) is 6.99. The standard InChI is InChI=1S/C11H22N2O2/c1-3-6-12-9-10(14)13-11(2)4-7-15-8-5-11/h12H,3-9H2,1-2H3,(H,13,14). The van der Waals surface area contributed by atoms with E-state index >= 15 is 0 Å². The van der Waals surface area contributed by atoms with E-state index in [-0.39, 0.29) is 11.4 Å². The van der Waals surface area contributed by atoms with Crippen molar-refractivity contribution in [2.24, 2.45) is 0 Å². The maximum atomic E-state index is 11.6. The molecule has 1 fully saturated rings. The van der Waals surface area contributed by atoms with Gasteiger partial charge in [-0.1, -0.05) is 6.92 Å². The summed E-state index contributed by atoms with van der Waals surface area (Å²) in [6, 6.07) is 0. The van der Waals surface area contributed by atoms with Gasteiger partial charge < -0.3 is 15.4 Å². The van der Waals surface area contributed by atoms with Crippen molar-refractivity contribution in [1.29, 1.82) is 0 Å². The van der Waals surface area contributed by atoms with Crippen molar-refractivity contribution in [2.45, 2.75) is 38.6 Å². The van der Waals surface area contributed by atoms with Crippen LogP contribution >= 0.6 is 0 Å². The molecule has 4 heteroatoms. The number of carbonyl (C=O) groups is 1. The molecule has 1 amide bonds. The minimum absolute atomic E-state index is 0.0662. The predicted molar refractivity (Wildman–Crippen MR) is 59.8 cm³/mol. The van der Waals surface area contributed by atoms with Crippen LogP contribution in [0.1, 0.15) is 33.1 Å². The van der Waals surface area contributed by atoms with Gasteiger partial charge in [-0.2, -0.15) is 0 Å². The molecule has 1 rings (SSSR count). The molecule has 88 valence electrons. The van der Waals surface area contributed by atoms with Gasteiger partial charge in [-0.15, -0.1) is 0 Å². The van der Waals surface area contributed by atoms with Gasteiger partial charge in [0.2, 0.25) is 5.91 Å². The van der Waals surface area contributed by atoms with Crippen LogP contribution in [0.2, 0.25) is 0 Å². The van der Waals surface area contributed by atoms with Gasteiger partial charge in [0.15, 0.2) is 0 Å². The van der Waals surface area contributed by atoms with Crippen LogP contribution in [0.4, 0.5) is 0 Å². The third kappa shape index (κ3) is 4.62. The topological polar surface area (TPSA) is 50.4 Å². The van der Waals surface area contributed by atoms with Gasteiger partial charge in [-0.05, 0) is 32.7 Å². The zero-order valence-electron chi connectivity index (χ0n) is 9.77. The molecule has 2 N–H and O–H groups in total. The molecule has 4 nitrogen and oxygen atoms in total. The van der Waals surface area contributed by atoms with Crippen LogP contribution in [0, 0.1) is 0 Å². The average Bonchev–Trinajstić information content (AvgIpc) is 2.18. The highest BCUT2D eigenvalue weighted by atomic mass is 16.5. The first-order chi connectivity index (χ1) is 7.16. The maximum Gasteiger partial charge on any atom is 0.234 e. The van der Waals surface area contributed by atoms with E-state index < -0.39 is 0 Å². The molecular formula is C11H22N2O2. The van der Waals surface area contributed by atoms with E-state index in [0.717, 1.165) is 39.0 Å². The first kappa shape index (κ1) is 12.5. The minimum Gasteiger partial charge on any atom is -0.381 e. The van der Waals surface area contributed by atoms with E-state index in [0.29, 0.717) is 6.54 Å². The second-order valence-electron chi connectivity index (χ2n) is 4.40. The van der Waals surface area contributed by atoms with Crippen molar-refractivity contribution in [3.8, 4) is 0 Å². The summed E-state index contributed by atoms with van der Waals surface area (Å²) in [7, 11) is 0. The first-order valence-corrected chi connectivity index (χ1v) is 5.76. The molecule has 1 saturated heterocycles. The minimum atomic E-state index is -0.0662. The molecule has 0 radical (unpaired) electrons. The highest BCUT2D eigenvalue weighted by molar-refractivity contribution is 5.78. The SMILES string of the molecule is CCCNCC(=O)NC1(C)CCOCC1. The molecule has 0 aromatic rings. The number of rotatable bonds is 5. The average molecular weight is 214 g/mol. The maximum absolute atomic E-state index is 11.6. The zero-order valence-corrected chi connectivity index (χ0v) is 9.77. The number of amides is 1. The van der Waals surface area contributed by atoms with Crippen LogP contribution in [0.25, 0.3) is 0 Å². The van der Waals surface area contributed by atoms with Crippen molar-refractivity contribution in [3.05, 3.63) is 0 Å². The van der Waals surface area contributed by atoms with E-state index in [1.165, 1.54) is 0 Å². The van der Waals surface area contributed by atoms with Gasteiger partial charge in [0.05, 0.1) is 6.54 Å². The van der Waals surface area contributed by atoms with Crippen molar-refractivity contribution in [1.82, 2.24) is 10.6 Å². The lowest BCUT2D eigenvalue weighted by molar-refractivity contribution is -0.123. The van der Waals surface area contributed by atoms with Gasteiger partial charge in [-0.3, -0.25) is 4.79 Å². The number of nitrogens with one attached hydrogen (secondary N) is 2. The number of ether oxygens (including phenoxy) is 1. The normalized spacial score (nSPS) is 19.9. The molecule has 0 aromatic carbocycles. The Balaban J connectivity index is 2.23. The molecule has 0 unspecified atom stereocenters. The van der Waals surface area contributed by atoms with E-state index in [4.69, 9.17) is 4.74 Å². The fourth-order valence-corrected chi connectivity index (χ4v) is 1.71. The monoisotopic (exact) mass is 214 g/mol. The molecule has 0 spiro atoms. The van der Waals surface area contributed by atoms with Gasteiger partial charge in [0.1, 0.15) is 0 Å². The summed E-state index contributed by atoms with van der Waals surface area (Å²) in [5.74, 6) is 0.0906. The van der Waals surface area contributed by atoms with Crippen LogP contribution in [0.5, 0.6) is 0 Å². The molecule has 0 saturated carbocycles. The fraction of sp³-hybridized carbons (Fsp3) is 0.909. The summed E-state index contributed by atoms with van der Waals surface area (Å²) in [5.41, 5.74) is -0.0662. The Bertz CT molecular complexity index is 201. The molecule has 1 aliphatic rings. The van der Waals surface area contributed by atoms with E-state index in [1.807, 2.05) is 0 Å². The lowest BCUT2D eigenvalue weighted by Gasteiger charge is -2.34. The largest absolute Gasteiger partial charge is 0.381 e. The highest BCUT2D eigenvalue weighted by Crippen LogP contribution is 2.19. The zero-order chi connectivity index (χ0) is 11.1. The second-order valence-corrected chi connectivity index (χ2v) is 4.40. The predicted octanol–water partition coefficient (Wildman–Crippen LogP) is 0.671. The van der Waals surface area contributed by atoms with Crippen molar-refractivity contribution in [2.75, 3.05) is 26.3 Å². The van der Waals surface area contributed by atoms with Crippen LogP contribution < -0.4 is 10.6 Å². The third-order valence-corrected chi connectivity index (χ3v) is 2.75. The summed E-state index contributed by atoms with van der Waals surface area (Å²) in [6.07, 6.45) is 2.87. The Morgan fingerprint density at radius 1 is 1.40 bits per heavy atom. The summed E-state index contributed by atoms with van der Waals surface area (Å²) in [4.78, 5) is 11.6. The van der Waals surface area contributed by atoms with Crippen LogP contribution in [0.3, 0.4) is 0 Å². The summed E-state index contributed by atoms with van der Waals surface area (Å²) < 4.78 is 5.28. The highest BCUT2D eigenvalue weighted by Gasteiger charge is 2.28. The van der Waals surface area contributed by atoms with Gasteiger partial charge >= 0.3 is 0 Å². The Morgan fingerprint density at radius 3 is 2.67 bits per heavy atom. The quantitative estimate of drug-likeness (QED) is 0.661. The molecule has 15 heavy (non-hydrogen) atoms. The number of hydrogen-bond acceptors (Lipinski definition) is 3. The molecule has 1 aliphatic heterocycles. The van der Waals surface area contributed by atoms with Crippen molar-refractivity contribution in [3.63, 3.8) is 0 Å². The summed E-state index contributed by atoms with van der Waals surface area (Å²) in [5, 5.41) is 6.17.